The molecule has 5 nitrogen and oxygen atoms in total. The highest BCUT2D eigenvalue weighted by atomic mass is 16.5. The van der Waals surface area contributed by atoms with Crippen molar-refractivity contribution in [1.82, 2.24) is 4.98 Å². The molecular weight excluding hydrogens is 340 g/mol. The van der Waals surface area contributed by atoms with Gasteiger partial charge in [-0.25, -0.2) is 0 Å². The lowest BCUT2D eigenvalue weighted by Gasteiger charge is -2.38. The standard InChI is InChI=1S/C22H30N2O3/c1-4-14-27-22(12-6-8-16(3)15-22)21(25)24-18-10-11-19(26-5-2)20-17(18)9-7-13-23-20/h7,9-11,13,16H,4-6,8,12,14-15H2,1-3H3,(H,24,25)/t16-,22+/m1/s1. The van der Waals surface area contributed by atoms with Crippen LogP contribution in [-0.4, -0.2) is 29.7 Å². The number of nitrogens with one attached hydrogen (secondary N) is 1. The van der Waals surface area contributed by atoms with Gasteiger partial charge in [0.05, 0.1) is 12.3 Å². The van der Waals surface area contributed by atoms with Gasteiger partial charge in [0.2, 0.25) is 0 Å². The van der Waals surface area contributed by atoms with Gasteiger partial charge in [0.15, 0.2) is 0 Å². The molecule has 1 aliphatic rings. The lowest BCUT2D eigenvalue weighted by molar-refractivity contribution is -0.148. The Hall–Kier alpha value is -2.14. The van der Waals surface area contributed by atoms with Crippen molar-refractivity contribution in [3.05, 3.63) is 30.5 Å². The largest absolute Gasteiger partial charge is 0.492 e. The van der Waals surface area contributed by atoms with Crippen LogP contribution >= 0.6 is 0 Å². The molecule has 1 amide bonds. The van der Waals surface area contributed by atoms with Crippen LogP contribution < -0.4 is 10.1 Å². The van der Waals surface area contributed by atoms with E-state index in [4.69, 9.17) is 9.47 Å². The Kier molecular flexibility index (Phi) is 6.32. The highest BCUT2D eigenvalue weighted by molar-refractivity contribution is 6.05. The quantitative estimate of drug-likeness (QED) is 0.749. The van der Waals surface area contributed by atoms with Gasteiger partial charge in [-0.05, 0) is 62.8 Å². The minimum Gasteiger partial charge on any atom is -0.492 e. The fourth-order valence-electron chi connectivity index (χ4n) is 3.97. The fourth-order valence-corrected chi connectivity index (χ4v) is 3.97. The summed E-state index contributed by atoms with van der Waals surface area (Å²) in [4.78, 5) is 17.8. The molecule has 1 heterocycles. The topological polar surface area (TPSA) is 60.5 Å². The van der Waals surface area contributed by atoms with E-state index < -0.39 is 5.60 Å². The van der Waals surface area contributed by atoms with E-state index >= 15 is 0 Å². The molecule has 27 heavy (non-hydrogen) atoms. The number of ether oxygens (including phenoxy) is 2. The molecule has 2 atom stereocenters. The first kappa shape index (κ1) is 19.6. The van der Waals surface area contributed by atoms with E-state index in [1.807, 2.05) is 31.2 Å². The van der Waals surface area contributed by atoms with Gasteiger partial charge in [0.1, 0.15) is 16.9 Å². The molecule has 0 saturated heterocycles. The number of carbonyl (C=O) groups is 1. The van der Waals surface area contributed by atoms with E-state index in [-0.39, 0.29) is 5.91 Å². The van der Waals surface area contributed by atoms with Crippen LogP contribution in [0.25, 0.3) is 10.9 Å². The number of aromatic nitrogens is 1. The van der Waals surface area contributed by atoms with Crippen LogP contribution in [0, 0.1) is 5.92 Å². The van der Waals surface area contributed by atoms with Gasteiger partial charge >= 0.3 is 0 Å². The monoisotopic (exact) mass is 370 g/mol. The van der Waals surface area contributed by atoms with Crippen molar-refractivity contribution in [1.29, 1.82) is 0 Å². The van der Waals surface area contributed by atoms with E-state index in [1.54, 1.807) is 6.20 Å². The molecule has 3 rings (SSSR count). The first-order valence-corrected chi connectivity index (χ1v) is 10.1. The van der Waals surface area contributed by atoms with Crippen LogP contribution in [0.5, 0.6) is 5.75 Å². The van der Waals surface area contributed by atoms with Crippen molar-refractivity contribution < 1.29 is 14.3 Å². The first-order chi connectivity index (χ1) is 13.1. The molecule has 0 bridgehead atoms. The summed E-state index contributed by atoms with van der Waals surface area (Å²) in [6.07, 6.45) is 6.36. The SMILES string of the molecule is CCCO[C@@]1(C(=O)Nc2ccc(OCC)c3ncccc23)CCC[C@@H](C)C1. The molecule has 0 radical (unpaired) electrons. The summed E-state index contributed by atoms with van der Waals surface area (Å²) in [5.41, 5.74) is 0.780. The summed E-state index contributed by atoms with van der Waals surface area (Å²) < 4.78 is 11.8. The minimum atomic E-state index is -0.735. The van der Waals surface area contributed by atoms with E-state index in [0.29, 0.717) is 19.1 Å². The van der Waals surface area contributed by atoms with Crippen LogP contribution in [0.1, 0.15) is 52.9 Å². The van der Waals surface area contributed by atoms with Gasteiger partial charge in [-0.15, -0.1) is 0 Å². The Morgan fingerprint density at radius 3 is 2.93 bits per heavy atom. The second-order valence-corrected chi connectivity index (χ2v) is 7.44. The van der Waals surface area contributed by atoms with E-state index in [9.17, 15) is 4.79 Å². The number of anilines is 1. The predicted molar refractivity (Wildman–Crippen MR) is 108 cm³/mol. The van der Waals surface area contributed by atoms with E-state index in [2.05, 4.69) is 24.1 Å². The molecule has 1 aromatic carbocycles. The van der Waals surface area contributed by atoms with Crippen LogP contribution in [-0.2, 0) is 9.53 Å². The van der Waals surface area contributed by atoms with Crippen molar-refractivity contribution >= 4 is 22.5 Å². The maximum absolute atomic E-state index is 13.3. The molecular formula is C22H30N2O3. The van der Waals surface area contributed by atoms with Gasteiger partial charge in [-0.1, -0.05) is 20.3 Å². The Labute approximate surface area is 161 Å². The Morgan fingerprint density at radius 2 is 2.19 bits per heavy atom. The van der Waals surface area contributed by atoms with Crippen LogP contribution in [0.4, 0.5) is 5.69 Å². The van der Waals surface area contributed by atoms with Crippen molar-refractivity contribution in [3.8, 4) is 5.75 Å². The summed E-state index contributed by atoms with van der Waals surface area (Å²) in [6.45, 7) is 7.40. The third-order valence-electron chi connectivity index (χ3n) is 5.23. The van der Waals surface area contributed by atoms with Gasteiger partial charge in [-0.2, -0.15) is 0 Å². The first-order valence-electron chi connectivity index (χ1n) is 10.1. The van der Waals surface area contributed by atoms with E-state index in [1.165, 1.54) is 0 Å². The molecule has 1 aromatic heterocycles. The summed E-state index contributed by atoms with van der Waals surface area (Å²) in [5, 5.41) is 4.02. The minimum absolute atomic E-state index is 0.0446. The smallest absolute Gasteiger partial charge is 0.256 e. The summed E-state index contributed by atoms with van der Waals surface area (Å²) in [5.74, 6) is 1.17. The molecule has 2 aromatic rings. The third-order valence-corrected chi connectivity index (χ3v) is 5.23. The number of carbonyl (C=O) groups excluding carboxylic acids is 1. The fraction of sp³-hybridized carbons (Fsp3) is 0.545. The molecule has 0 spiro atoms. The zero-order valence-corrected chi connectivity index (χ0v) is 16.6. The molecule has 0 unspecified atom stereocenters. The van der Waals surface area contributed by atoms with Crippen molar-refractivity contribution in [2.24, 2.45) is 5.92 Å². The molecule has 1 saturated carbocycles. The lowest BCUT2D eigenvalue weighted by Crippen LogP contribution is -2.48. The molecule has 146 valence electrons. The summed E-state index contributed by atoms with van der Waals surface area (Å²) in [7, 11) is 0. The van der Waals surface area contributed by atoms with Crippen LogP contribution in [0.15, 0.2) is 30.5 Å². The van der Waals surface area contributed by atoms with E-state index in [0.717, 1.165) is 54.4 Å². The van der Waals surface area contributed by atoms with Gasteiger partial charge in [0.25, 0.3) is 5.91 Å². The highest BCUT2D eigenvalue weighted by Gasteiger charge is 2.42. The molecule has 1 N–H and O–H groups in total. The number of amides is 1. The normalized spacial score (nSPS) is 22.6. The molecule has 5 heteroatoms. The van der Waals surface area contributed by atoms with Crippen LogP contribution in [0.3, 0.4) is 0 Å². The van der Waals surface area contributed by atoms with Gasteiger partial charge in [-0.3, -0.25) is 9.78 Å². The second-order valence-electron chi connectivity index (χ2n) is 7.44. The van der Waals surface area contributed by atoms with Gasteiger partial charge < -0.3 is 14.8 Å². The number of fused-ring (bicyclic) bond motifs is 1. The summed E-state index contributed by atoms with van der Waals surface area (Å²) >= 11 is 0. The second kappa shape index (κ2) is 8.70. The Balaban J connectivity index is 1.91. The lowest BCUT2D eigenvalue weighted by atomic mass is 9.78. The van der Waals surface area contributed by atoms with Crippen LogP contribution in [0.2, 0.25) is 0 Å². The molecule has 1 fully saturated rings. The summed E-state index contributed by atoms with van der Waals surface area (Å²) in [6, 6.07) is 7.60. The maximum Gasteiger partial charge on any atom is 0.256 e. The number of hydrogen-bond donors (Lipinski definition) is 1. The number of nitrogens with zero attached hydrogens (tertiary/aromatic N) is 1. The van der Waals surface area contributed by atoms with Crippen molar-refractivity contribution in [2.75, 3.05) is 18.5 Å². The molecule has 1 aliphatic carbocycles. The average Bonchev–Trinajstić information content (AvgIpc) is 2.68. The number of benzene rings is 1. The maximum atomic E-state index is 13.3. The zero-order chi connectivity index (χ0) is 19.3. The average molecular weight is 370 g/mol. The number of rotatable bonds is 7. The highest BCUT2D eigenvalue weighted by Crippen LogP contribution is 2.37. The molecule has 0 aliphatic heterocycles. The number of hydrogen-bond acceptors (Lipinski definition) is 4. The third kappa shape index (κ3) is 4.24. The van der Waals surface area contributed by atoms with Crippen molar-refractivity contribution in [2.45, 2.75) is 58.5 Å². The zero-order valence-electron chi connectivity index (χ0n) is 16.6. The number of pyridine rings is 1. The predicted octanol–water partition coefficient (Wildman–Crippen LogP) is 4.95. The van der Waals surface area contributed by atoms with Crippen molar-refractivity contribution in [3.63, 3.8) is 0 Å². The Bertz CT molecular complexity index is 792. The van der Waals surface area contributed by atoms with Gasteiger partial charge in [0, 0.05) is 18.2 Å². The Morgan fingerprint density at radius 1 is 1.33 bits per heavy atom.